The van der Waals surface area contributed by atoms with Gasteiger partial charge >= 0.3 is 0 Å². The predicted octanol–water partition coefficient (Wildman–Crippen LogP) is 3.18. The first kappa shape index (κ1) is 15.6. The molecule has 1 aromatic rings. The molecule has 108 valence electrons. The van der Waals surface area contributed by atoms with Crippen molar-refractivity contribution in [1.82, 2.24) is 0 Å². The van der Waals surface area contributed by atoms with Crippen LogP contribution >= 0.6 is 0 Å². The number of aliphatic hydroxyl groups excluding tert-OH is 1. The molecule has 1 unspecified atom stereocenters. The van der Waals surface area contributed by atoms with Crippen molar-refractivity contribution in [2.45, 2.75) is 32.8 Å². The molecule has 1 N–H and O–H groups in total. The molecule has 0 aromatic heterocycles. The highest BCUT2D eigenvalue weighted by atomic mass is 16.5. The van der Waals surface area contributed by atoms with E-state index in [9.17, 15) is 5.11 Å². The van der Waals surface area contributed by atoms with Crippen molar-refractivity contribution in [2.75, 3.05) is 21.3 Å². The van der Waals surface area contributed by atoms with Gasteiger partial charge in [-0.1, -0.05) is 13.8 Å². The van der Waals surface area contributed by atoms with E-state index in [0.717, 1.165) is 12.0 Å². The van der Waals surface area contributed by atoms with E-state index < -0.39 is 6.10 Å². The Morgan fingerprint density at radius 3 is 1.89 bits per heavy atom. The average molecular weight is 268 g/mol. The van der Waals surface area contributed by atoms with Crippen molar-refractivity contribution in [1.29, 1.82) is 0 Å². The van der Waals surface area contributed by atoms with Gasteiger partial charge in [-0.3, -0.25) is 0 Å². The largest absolute Gasteiger partial charge is 0.496 e. The van der Waals surface area contributed by atoms with E-state index in [1.165, 1.54) is 0 Å². The van der Waals surface area contributed by atoms with Gasteiger partial charge in [0.25, 0.3) is 0 Å². The molecule has 0 amide bonds. The first-order valence-corrected chi connectivity index (χ1v) is 6.51. The Kier molecular flexibility index (Phi) is 5.96. The summed E-state index contributed by atoms with van der Waals surface area (Å²) in [7, 11) is 4.74. The average Bonchev–Trinajstić information content (AvgIpc) is 2.42. The third kappa shape index (κ3) is 4.03. The second-order valence-electron chi connectivity index (χ2n) is 4.94. The third-order valence-corrected chi connectivity index (χ3v) is 3.11. The summed E-state index contributed by atoms with van der Waals surface area (Å²) in [6.45, 7) is 4.27. The fourth-order valence-corrected chi connectivity index (χ4v) is 1.96. The van der Waals surface area contributed by atoms with Crippen LogP contribution in [-0.2, 0) is 0 Å². The van der Waals surface area contributed by atoms with Gasteiger partial charge in [-0.15, -0.1) is 0 Å². The van der Waals surface area contributed by atoms with Crippen molar-refractivity contribution in [3.63, 3.8) is 0 Å². The molecular weight excluding hydrogens is 244 g/mol. The smallest absolute Gasteiger partial charge is 0.164 e. The molecule has 0 bridgehead atoms. The van der Waals surface area contributed by atoms with Gasteiger partial charge in [-0.2, -0.15) is 0 Å². The SMILES string of the molecule is COc1cc(OC)c(C(O)CCC(C)C)cc1OC. The van der Waals surface area contributed by atoms with Gasteiger partial charge in [0.15, 0.2) is 11.5 Å². The fraction of sp³-hybridized carbons (Fsp3) is 0.600. The van der Waals surface area contributed by atoms with E-state index in [-0.39, 0.29) is 0 Å². The highest BCUT2D eigenvalue weighted by Crippen LogP contribution is 2.38. The Labute approximate surface area is 115 Å². The lowest BCUT2D eigenvalue weighted by atomic mass is 9.99. The van der Waals surface area contributed by atoms with Crippen molar-refractivity contribution in [3.8, 4) is 17.2 Å². The van der Waals surface area contributed by atoms with Gasteiger partial charge in [0, 0.05) is 11.6 Å². The van der Waals surface area contributed by atoms with Gasteiger partial charge in [0.05, 0.1) is 27.4 Å². The quantitative estimate of drug-likeness (QED) is 0.825. The predicted molar refractivity (Wildman–Crippen MR) is 75.1 cm³/mol. The minimum Gasteiger partial charge on any atom is -0.496 e. The van der Waals surface area contributed by atoms with Crippen LogP contribution in [0.1, 0.15) is 38.4 Å². The summed E-state index contributed by atoms with van der Waals surface area (Å²) in [6, 6.07) is 3.52. The first-order chi connectivity index (χ1) is 9.03. The second kappa shape index (κ2) is 7.24. The number of methoxy groups -OCH3 is 3. The molecule has 4 nitrogen and oxygen atoms in total. The zero-order chi connectivity index (χ0) is 14.4. The Morgan fingerprint density at radius 1 is 0.895 bits per heavy atom. The topological polar surface area (TPSA) is 47.9 Å². The molecule has 0 aliphatic carbocycles. The molecule has 1 atom stereocenters. The number of hydrogen-bond acceptors (Lipinski definition) is 4. The maximum absolute atomic E-state index is 10.3. The number of aliphatic hydroxyl groups is 1. The molecule has 0 spiro atoms. The lowest BCUT2D eigenvalue weighted by Crippen LogP contribution is -2.04. The number of rotatable bonds is 7. The summed E-state index contributed by atoms with van der Waals surface area (Å²) < 4.78 is 15.8. The van der Waals surface area contributed by atoms with Gasteiger partial charge in [-0.25, -0.2) is 0 Å². The summed E-state index contributed by atoms with van der Waals surface area (Å²) >= 11 is 0. The van der Waals surface area contributed by atoms with E-state index in [1.54, 1.807) is 33.5 Å². The van der Waals surface area contributed by atoms with Gasteiger partial charge in [-0.05, 0) is 24.8 Å². The molecule has 0 radical (unpaired) electrons. The van der Waals surface area contributed by atoms with Crippen LogP contribution in [0, 0.1) is 5.92 Å². The number of hydrogen-bond donors (Lipinski definition) is 1. The number of benzene rings is 1. The summed E-state index contributed by atoms with van der Waals surface area (Å²) in [6.07, 6.45) is 1.10. The molecular formula is C15H24O4. The molecule has 1 aromatic carbocycles. The zero-order valence-corrected chi connectivity index (χ0v) is 12.4. The minimum absolute atomic E-state index is 0.556. The summed E-state index contributed by atoms with van der Waals surface area (Å²) in [5.41, 5.74) is 0.737. The molecule has 4 heteroatoms. The molecule has 0 aliphatic rings. The summed E-state index contributed by atoms with van der Waals surface area (Å²) in [5.74, 6) is 2.37. The molecule has 0 heterocycles. The van der Waals surface area contributed by atoms with Crippen molar-refractivity contribution in [3.05, 3.63) is 17.7 Å². The number of ether oxygens (including phenoxy) is 3. The van der Waals surface area contributed by atoms with E-state index in [4.69, 9.17) is 14.2 Å². The van der Waals surface area contributed by atoms with Crippen LogP contribution in [0.25, 0.3) is 0 Å². The molecule has 0 saturated carbocycles. The van der Waals surface area contributed by atoms with Gasteiger partial charge < -0.3 is 19.3 Å². The van der Waals surface area contributed by atoms with Crippen LogP contribution in [0.15, 0.2) is 12.1 Å². The lowest BCUT2D eigenvalue weighted by Gasteiger charge is -2.18. The summed E-state index contributed by atoms with van der Waals surface area (Å²) in [4.78, 5) is 0. The molecule has 0 aliphatic heterocycles. The van der Waals surface area contributed by atoms with E-state index in [1.807, 2.05) is 0 Å². The van der Waals surface area contributed by atoms with E-state index in [2.05, 4.69) is 13.8 Å². The van der Waals surface area contributed by atoms with Crippen LogP contribution in [0.3, 0.4) is 0 Å². The zero-order valence-electron chi connectivity index (χ0n) is 12.4. The second-order valence-corrected chi connectivity index (χ2v) is 4.94. The Bertz CT molecular complexity index is 401. The van der Waals surface area contributed by atoms with Crippen molar-refractivity contribution in [2.24, 2.45) is 5.92 Å². The van der Waals surface area contributed by atoms with Crippen molar-refractivity contribution < 1.29 is 19.3 Å². The summed E-state index contributed by atoms with van der Waals surface area (Å²) in [5, 5.41) is 10.3. The van der Waals surface area contributed by atoms with Crippen LogP contribution in [-0.4, -0.2) is 26.4 Å². The standard InChI is InChI=1S/C15H24O4/c1-10(2)6-7-12(16)11-8-14(18-4)15(19-5)9-13(11)17-3/h8-10,12,16H,6-7H2,1-5H3. The molecule has 0 saturated heterocycles. The maximum Gasteiger partial charge on any atom is 0.164 e. The monoisotopic (exact) mass is 268 g/mol. The van der Waals surface area contributed by atoms with Crippen LogP contribution in [0.4, 0.5) is 0 Å². The van der Waals surface area contributed by atoms with E-state index in [0.29, 0.717) is 29.6 Å². The Morgan fingerprint density at radius 2 is 1.42 bits per heavy atom. The third-order valence-electron chi connectivity index (χ3n) is 3.11. The first-order valence-electron chi connectivity index (χ1n) is 6.51. The van der Waals surface area contributed by atoms with Crippen LogP contribution in [0.5, 0.6) is 17.2 Å². The highest BCUT2D eigenvalue weighted by Gasteiger charge is 2.18. The van der Waals surface area contributed by atoms with Crippen molar-refractivity contribution >= 4 is 0 Å². The highest BCUT2D eigenvalue weighted by molar-refractivity contribution is 5.51. The van der Waals surface area contributed by atoms with E-state index >= 15 is 0 Å². The molecule has 1 rings (SSSR count). The lowest BCUT2D eigenvalue weighted by molar-refractivity contribution is 0.154. The molecule has 19 heavy (non-hydrogen) atoms. The normalized spacial score (nSPS) is 12.4. The molecule has 0 fully saturated rings. The van der Waals surface area contributed by atoms with Gasteiger partial charge in [0.2, 0.25) is 0 Å². The Hall–Kier alpha value is -1.42. The van der Waals surface area contributed by atoms with Gasteiger partial charge in [0.1, 0.15) is 5.75 Å². The maximum atomic E-state index is 10.3. The Balaban J connectivity index is 3.03. The minimum atomic E-state index is -0.558. The van der Waals surface area contributed by atoms with Crippen LogP contribution in [0.2, 0.25) is 0 Å². The van der Waals surface area contributed by atoms with Crippen LogP contribution < -0.4 is 14.2 Å². The fourth-order valence-electron chi connectivity index (χ4n) is 1.96.